The van der Waals surface area contributed by atoms with Crippen LogP contribution < -0.4 is 41.2 Å². The van der Waals surface area contributed by atoms with Crippen molar-refractivity contribution in [1.82, 2.24) is 8.80 Å². The largest absolute Gasteiger partial charge is 0.457 e. The van der Waals surface area contributed by atoms with Gasteiger partial charge in [0, 0.05) is 44.4 Å². The van der Waals surface area contributed by atoms with Gasteiger partial charge in [0.05, 0.1) is 118 Å². The minimum Gasteiger partial charge on any atom is -0.457 e. The molecule has 21 heteroatoms. The number of hydrogen-bond acceptors (Lipinski definition) is 15. The first-order valence-corrected chi connectivity index (χ1v) is 40.2. The van der Waals surface area contributed by atoms with E-state index in [1.807, 2.05) is 92.6 Å². The van der Waals surface area contributed by atoms with Gasteiger partial charge in [-0.1, -0.05) is 115 Å². The standard InChI is InChI=1S/C51H29N3O8S3.C40H20N2O5/c55-50-36-27-34(29-20-22-40-46(25-29)64(59,60)43-17-8-11-32-24-31-10-4-5-14-38(31)53(40)48(32)43)35(28-37(36)51(56)52(50)33-12-2-1-3-13-33)30-21-23-41-47(26-30)65(61,62)45-19-9-18-44-49(45)54(41)39-15-6-7-16-42(39)63(44,57)58;43-37-23-7-1-3-13-31(23)41-33-17-15-21(19-29(33)39(45)27-11-5-9-25(37)35(27)41)47-22-16-18-34-30(20-22)40(46)28-12-6-10-26-36(28)42(34)32-14-4-2-8-24(32)38(26)44/h1-23,25-28H,24H2;1-20H. The molecular weight excluding hydrogens is 1470 g/mol. The number of ether oxygens (including phenoxy) is 1. The second-order valence-corrected chi connectivity index (χ2v) is 34.0. The number of benzene rings is 14. The van der Waals surface area contributed by atoms with E-state index in [4.69, 9.17) is 4.74 Å². The highest BCUT2D eigenvalue weighted by atomic mass is 32.2. The number of aromatic nitrogens is 2. The van der Waals surface area contributed by atoms with E-state index in [0.717, 1.165) is 32.7 Å². The number of para-hydroxylation sites is 9. The molecule has 0 unspecified atom stereocenters. The summed E-state index contributed by atoms with van der Waals surface area (Å²) in [6.07, 6.45) is 0.566. The Kier molecular flexibility index (Phi) is 13.3. The molecule has 2 amide bonds. The van der Waals surface area contributed by atoms with Crippen LogP contribution in [0.4, 0.5) is 39.8 Å². The monoisotopic (exact) mass is 1520 g/mol. The zero-order valence-electron chi connectivity index (χ0n) is 58.1. The van der Waals surface area contributed by atoms with E-state index in [9.17, 15) is 54.0 Å². The Bertz CT molecular complexity index is 7910. The van der Waals surface area contributed by atoms with E-state index in [0.29, 0.717) is 128 Å². The molecule has 23 rings (SSSR count). The Balaban J connectivity index is 0.000000145. The summed E-state index contributed by atoms with van der Waals surface area (Å²) in [7, 11) is -12.6. The van der Waals surface area contributed by atoms with Crippen LogP contribution in [-0.2, 0) is 35.9 Å². The maximum Gasteiger partial charge on any atom is 0.266 e. The lowest BCUT2D eigenvalue weighted by Crippen LogP contribution is -2.29. The van der Waals surface area contributed by atoms with Gasteiger partial charge < -0.3 is 23.3 Å². The van der Waals surface area contributed by atoms with E-state index in [1.54, 1.807) is 181 Å². The number of rotatable bonds is 5. The van der Waals surface area contributed by atoms with E-state index in [1.165, 1.54) is 30.3 Å². The first-order valence-electron chi connectivity index (χ1n) is 35.7. The smallest absolute Gasteiger partial charge is 0.266 e. The normalized spacial score (nSPS) is 14.9. The van der Waals surface area contributed by atoms with Gasteiger partial charge in [0.25, 0.3) is 11.8 Å². The molecule has 18 nitrogen and oxygen atoms in total. The van der Waals surface area contributed by atoms with E-state index in [2.05, 4.69) is 0 Å². The van der Waals surface area contributed by atoms with Crippen molar-refractivity contribution in [2.75, 3.05) is 14.7 Å². The Labute approximate surface area is 634 Å². The lowest BCUT2D eigenvalue weighted by Gasteiger charge is -2.39. The van der Waals surface area contributed by atoms with Gasteiger partial charge in [-0.25, -0.2) is 30.2 Å². The van der Waals surface area contributed by atoms with Crippen LogP contribution in [0.25, 0.3) is 98.4 Å². The van der Waals surface area contributed by atoms with Crippen LogP contribution in [0.2, 0.25) is 0 Å². The van der Waals surface area contributed by atoms with Gasteiger partial charge in [-0.3, -0.25) is 28.8 Å². The summed E-state index contributed by atoms with van der Waals surface area (Å²) in [5.74, 6) is -0.290. The number of sulfone groups is 3. The van der Waals surface area contributed by atoms with Crippen molar-refractivity contribution in [3.8, 4) is 33.8 Å². The number of nitrogens with zero attached hydrogens (tertiary/aromatic N) is 5. The molecule has 0 bridgehead atoms. The number of carbonyl (C=O) groups excluding carboxylic acids is 2. The molecule has 0 N–H and O–H groups in total. The zero-order chi connectivity index (χ0) is 75.9. The molecule has 18 aromatic rings. The molecule has 0 saturated carbocycles. The highest BCUT2D eigenvalue weighted by Gasteiger charge is 2.46. The molecule has 0 atom stereocenters. The third-order valence-electron chi connectivity index (χ3n) is 22.4. The Morgan fingerprint density at radius 3 is 1.19 bits per heavy atom. The van der Waals surface area contributed by atoms with Gasteiger partial charge >= 0.3 is 0 Å². The number of hydrogen-bond donors (Lipinski definition) is 0. The fourth-order valence-electron chi connectivity index (χ4n) is 17.5. The molecule has 0 fully saturated rings. The predicted molar refractivity (Wildman–Crippen MR) is 431 cm³/mol. The van der Waals surface area contributed by atoms with Gasteiger partial charge in [0.15, 0.2) is 21.7 Å². The fourth-order valence-corrected chi connectivity index (χ4v) is 22.6. The van der Waals surface area contributed by atoms with E-state index >= 15 is 0 Å². The molecule has 4 aromatic heterocycles. The number of amides is 2. The van der Waals surface area contributed by atoms with Crippen molar-refractivity contribution in [2.45, 2.75) is 35.8 Å². The molecule has 0 spiro atoms. The number of carbonyl (C=O) groups is 2. The zero-order valence-corrected chi connectivity index (χ0v) is 60.6. The molecule has 5 aliphatic rings. The quantitative estimate of drug-likeness (QED) is 0.0885. The Morgan fingerprint density at radius 1 is 0.268 bits per heavy atom. The third kappa shape index (κ3) is 8.73. The van der Waals surface area contributed by atoms with Crippen molar-refractivity contribution < 1.29 is 39.6 Å². The second-order valence-electron chi connectivity index (χ2n) is 28.3. The van der Waals surface area contributed by atoms with Crippen LogP contribution in [0.5, 0.6) is 11.5 Å². The molecule has 0 radical (unpaired) electrons. The highest BCUT2D eigenvalue weighted by molar-refractivity contribution is 7.93. The lowest BCUT2D eigenvalue weighted by atomic mass is 9.90. The summed E-state index contributed by atoms with van der Waals surface area (Å²) >= 11 is 0. The Hall–Kier alpha value is -14.3. The molecule has 534 valence electrons. The van der Waals surface area contributed by atoms with Crippen molar-refractivity contribution >= 4 is 157 Å². The van der Waals surface area contributed by atoms with Crippen LogP contribution in [-0.4, -0.2) is 45.9 Å². The maximum absolute atomic E-state index is 14.8. The molecule has 0 saturated heterocycles. The van der Waals surface area contributed by atoms with Crippen LogP contribution in [0.1, 0.15) is 31.8 Å². The summed E-state index contributed by atoms with van der Waals surface area (Å²) in [5.41, 5.74) is 9.76. The minimum absolute atomic E-state index is 0.0280. The molecule has 0 aliphatic carbocycles. The minimum atomic E-state index is -4.38. The topological polar surface area (TPSA) is 233 Å². The van der Waals surface area contributed by atoms with Crippen LogP contribution >= 0.6 is 0 Å². The van der Waals surface area contributed by atoms with Gasteiger partial charge in [-0.15, -0.1) is 0 Å². The first-order chi connectivity index (χ1) is 54.3. The van der Waals surface area contributed by atoms with Crippen molar-refractivity contribution in [1.29, 1.82) is 0 Å². The summed E-state index contributed by atoms with van der Waals surface area (Å²) < 4.78 is 97.2. The molecular formula is C91H49N5O13S3. The van der Waals surface area contributed by atoms with Crippen molar-refractivity contribution in [3.63, 3.8) is 0 Å². The van der Waals surface area contributed by atoms with Crippen LogP contribution in [0, 0.1) is 0 Å². The van der Waals surface area contributed by atoms with E-state index in [-0.39, 0.29) is 73.6 Å². The molecule has 14 aromatic carbocycles. The molecule has 9 heterocycles. The lowest BCUT2D eigenvalue weighted by molar-refractivity contribution is 0.0926. The van der Waals surface area contributed by atoms with Crippen LogP contribution in [0.15, 0.2) is 334 Å². The average Bonchev–Trinajstić information content (AvgIpc) is 0.783. The highest BCUT2D eigenvalue weighted by Crippen LogP contribution is 2.58. The summed E-state index contributed by atoms with van der Waals surface area (Å²) in [6, 6.07) is 81.3. The van der Waals surface area contributed by atoms with E-state index < -0.39 is 41.3 Å². The van der Waals surface area contributed by atoms with Gasteiger partial charge in [-0.05, 0) is 203 Å². The number of anilines is 7. The maximum atomic E-state index is 14.8. The molecule has 5 aliphatic heterocycles. The number of fused-ring (bicyclic) bond motifs is 17. The summed E-state index contributed by atoms with van der Waals surface area (Å²) in [6.45, 7) is 0. The summed E-state index contributed by atoms with van der Waals surface area (Å²) in [5, 5.41) is 3.93. The Morgan fingerprint density at radius 2 is 0.652 bits per heavy atom. The first kappa shape index (κ1) is 64.9. The average molecular weight is 1520 g/mol. The van der Waals surface area contributed by atoms with Gasteiger partial charge in [0.1, 0.15) is 11.5 Å². The third-order valence-corrected chi connectivity index (χ3v) is 27.9. The number of pyridine rings is 4. The SMILES string of the molecule is O=C1c2cc(-c3ccc4c(c3)S(=O)(=O)c3cccc5c3N4c3ccccc3C5)c(-c3ccc4c(c3)S(=O)(=O)c3cccc5c3N4c3ccccc3S5(=O)=O)cc2C(=O)N1c1ccccc1.O=c1c2ccccc2n2c3ccc(Oc4ccc5c(c4)c(=O)c4cccc6c(=O)c7ccccc7n5c64)cc3c(=O)c3cccc1c32. The summed E-state index contributed by atoms with van der Waals surface area (Å²) in [4.78, 5) is 87.5. The van der Waals surface area contributed by atoms with Crippen molar-refractivity contribution in [2.24, 2.45) is 0 Å². The number of imide groups is 1. The second kappa shape index (κ2) is 22.9. The van der Waals surface area contributed by atoms with Crippen LogP contribution in [0.3, 0.4) is 0 Å². The fraction of sp³-hybridized carbons (Fsp3) is 0.0110. The predicted octanol–water partition coefficient (Wildman–Crippen LogP) is 17.3. The van der Waals surface area contributed by atoms with Gasteiger partial charge in [-0.2, -0.15) is 0 Å². The molecule has 112 heavy (non-hydrogen) atoms. The van der Waals surface area contributed by atoms with Gasteiger partial charge in [0.2, 0.25) is 29.5 Å². The van der Waals surface area contributed by atoms with Crippen molar-refractivity contribution in [3.05, 3.63) is 348 Å².